The molecule has 2 atom stereocenters. The van der Waals surface area contributed by atoms with Crippen LogP contribution in [-0.2, 0) is 14.3 Å². The molecule has 3 heterocycles. The van der Waals surface area contributed by atoms with Crippen LogP contribution in [0.25, 0.3) is 11.8 Å². The minimum Gasteiger partial charge on any atom is -0.463 e. The van der Waals surface area contributed by atoms with Crippen molar-refractivity contribution in [1.82, 2.24) is 4.57 Å². The van der Waals surface area contributed by atoms with E-state index in [1.165, 1.54) is 21.7 Å². The molecule has 3 aromatic carbocycles. The lowest BCUT2D eigenvalue weighted by Crippen LogP contribution is -2.40. The number of rotatable bonds is 6. The van der Waals surface area contributed by atoms with Gasteiger partial charge >= 0.3 is 5.97 Å². The van der Waals surface area contributed by atoms with E-state index >= 15 is 0 Å². The Bertz CT molecular complexity index is 1930. The van der Waals surface area contributed by atoms with Gasteiger partial charge in [0.25, 0.3) is 11.5 Å². The number of ether oxygens (including phenoxy) is 1. The number of esters is 1. The maximum Gasteiger partial charge on any atom is 0.338 e. The van der Waals surface area contributed by atoms with Crippen LogP contribution in [0, 0.1) is 11.7 Å². The van der Waals surface area contributed by atoms with Crippen LogP contribution in [0.2, 0.25) is 0 Å². The van der Waals surface area contributed by atoms with Crippen LogP contribution in [0.4, 0.5) is 10.1 Å². The first-order valence-electron chi connectivity index (χ1n) is 13.4. The van der Waals surface area contributed by atoms with E-state index < -0.39 is 29.3 Å². The van der Waals surface area contributed by atoms with Gasteiger partial charge in [0.05, 0.1) is 39.9 Å². The van der Waals surface area contributed by atoms with E-state index in [0.29, 0.717) is 33.0 Å². The highest BCUT2D eigenvalue weighted by Crippen LogP contribution is 2.35. The molecule has 0 bridgehead atoms. The number of carbonyl (C=O) groups excluding carboxylic acids is 2. The minimum absolute atomic E-state index is 0.116. The molecule has 8 nitrogen and oxygen atoms in total. The van der Waals surface area contributed by atoms with E-state index in [0.717, 1.165) is 11.3 Å². The Kier molecular flexibility index (Phi) is 7.22. The molecular weight excluding hydrogens is 555 g/mol. The molecule has 10 heteroatoms. The van der Waals surface area contributed by atoms with Gasteiger partial charge in [0, 0.05) is 5.56 Å². The van der Waals surface area contributed by atoms with E-state index in [4.69, 9.17) is 9.73 Å². The maximum atomic E-state index is 14.1. The molecule has 0 aliphatic carbocycles. The van der Waals surface area contributed by atoms with Crippen LogP contribution in [0.5, 0.6) is 0 Å². The Labute approximate surface area is 244 Å². The smallest absolute Gasteiger partial charge is 0.338 e. The number of para-hydroxylation sites is 1. The third-order valence-corrected chi connectivity index (χ3v) is 8.06. The van der Waals surface area contributed by atoms with Gasteiger partial charge in [0.2, 0.25) is 0 Å². The van der Waals surface area contributed by atoms with Gasteiger partial charge in [-0.3, -0.25) is 14.2 Å². The van der Waals surface area contributed by atoms with Gasteiger partial charge in [0.15, 0.2) is 4.80 Å². The van der Waals surface area contributed by atoms with Gasteiger partial charge in [0.1, 0.15) is 11.7 Å². The Balaban J connectivity index is 1.55. The van der Waals surface area contributed by atoms with Crippen molar-refractivity contribution >= 4 is 46.4 Å². The number of hydrogen-bond donors (Lipinski definition) is 0. The van der Waals surface area contributed by atoms with Crippen LogP contribution in [0.3, 0.4) is 0 Å². The lowest BCUT2D eigenvalue weighted by molar-refractivity contribution is -0.138. The fourth-order valence-corrected chi connectivity index (χ4v) is 6.10. The summed E-state index contributed by atoms with van der Waals surface area (Å²) >= 11 is 1.12. The van der Waals surface area contributed by atoms with Crippen molar-refractivity contribution < 1.29 is 18.7 Å². The molecule has 0 radical (unpaired) electrons. The van der Waals surface area contributed by atoms with Crippen molar-refractivity contribution in [1.29, 1.82) is 0 Å². The predicted molar refractivity (Wildman–Crippen MR) is 159 cm³/mol. The van der Waals surface area contributed by atoms with Gasteiger partial charge in [-0.2, -0.15) is 10.1 Å². The van der Waals surface area contributed by atoms with E-state index in [2.05, 4.69) is 5.10 Å². The van der Waals surface area contributed by atoms with E-state index in [1.807, 2.05) is 48.5 Å². The lowest BCUT2D eigenvalue weighted by atomic mass is 9.93. The molecule has 42 heavy (non-hydrogen) atoms. The van der Waals surface area contributed by atoms with Crippen molar-refractivity contribution in [2.75, 3.05) is 11.6 Å². The molecule has 6 rings (SSSR count). The third kappa shape index (κ3) is 4.79. The SMILES string of the molecule is CCOC(=O)C1=C(c2ccccc2)N=c2s/c(=C/[C@@H]3C(=O)N(c4ccccc4)N=C3C)c(=O)n2[C@@H]1c1ccc(F)cc1. The van der Waals surface area contributed by atoms with Crippen molar-refractivity contribution in [2.45, 2.75) is 19.9 Å². The average molecular weight is 581 g/mol. The summed E-state index contributed by atoms with van der Waals surface area (Å²) in [5.74, 6) is -2.12. The number of thiazole rings is 1. The van der Waals surface area contributed by atoms with Crippen LogP contribution in [-0.4, -0.2) is 28.8 Å². The summed E-state index contributed by atoms with van der Waals surface area (Å²) in [4.78, 5) is 46.1. The second-order valence-corrected chi connectivity index (χ2v) is 10.7. The molecule has 0 N–H and O–H groups in total. The number of carbonyl (C=O) groups is 2. The number of halogens is 1. The summed E-state index contributed by atoms with van der Waals surface area (Å²) in [6, 6.07) is 22.9. The topological polar surface area (TPSA) is 93.3 Å². The van der Waals surface area contributed by atoms with Crippen LogP contribution in [0.1, 0.15) is 31.0 Å². The molecule has 2 aliphatic heterocycles. The van der Waals surface area contributed by atoms with Gasteiger partial charge < -0.3 is 4.74 Å². The van der Waals surface area contributed by atoms with E-state index in [9.17, 15) is 18.8 Å². The molecule has 2 aliphatic rings. The molecule has 0 saturated carbocycles. The predicted octanol–water partition coefficient (Wildman–Crippen LogP) is 4.07. The molecule has 0 spiro atoms. The first kappa shape index (κ1) is 27.2. The van der Waals surface area contributed by atoms with Gasteiger partial charge in [-0.1, -0.05) is 72.0 Å². The zero-order valence-electron chi connectivity index (χ0n) is 22.7. The summed E-state index contributed by atoms with van der Waals surface area (Å²) in [7, 11) is 0. The minimum atomic E-state index is -0.937. The van der Waals surface area contributed by atoms with Crippen molar-refractivity contribution in [3.8, 4) is 0 Å². The fourth-order valence-electron chi connectivity index (χ4n) is 5.09. The highest BCUT2D eigenvalue weighted by molar-refractivity contribution is 7.07. The summed E-state index contributed by atoms with van der Waals surface area (Å²) in [5.41, 5.74) is 2.45. The van der Waals surface area contributed by atoms with Gasteiger partial charge in [-0.05, 0) is 49.8 Å². The first-order chi connectivity index (χ1) is 20.4. The molecule has 0 fully saturated rings. The number of nitrogens with zero attached hydrogens (tertiary/aromatic N) is 4. The van der Waals surface area contributed by atoms with E-state index in [-0.39, 0.29) is 22.6 Å². The highest BCUT2D eigenvalue weighted by atomic mass is 32.1. The summed E-state index contributed by atoms with van der Waals surface area (Å²) in [6.45, 7) is 3.56. The van der Waals surface area contributed by atoms with Crippen LogP contribution >= 0.6 is 11.3 Å². The molecular formula is C32H25FN4O4S. The average Bonchev–Trinajstić information content (AvgIpc) is 3.48. The lowest BCUT2D eigenvalue weighted by Gasteiger charge is -2.25. The largest absolute Gasteiger partial charge is 0.463 e. The standard InChI is InChI=1S/C32H25FN4O4S/c1-3-41-31(40)26-27(20-10-6-4-7-11-20)34-32-36(28(26)21-14-16-22(33)17-15-21)30(39)25(42-32)18-24-19(2)35-37(29(24)38)23-12-8-5-9-13-23/h4-18,24,28H,3H2,1-2H3/b25-18+/t24-,28+/m0/s1. The number of fused-ring (bicyclic) bond motifs is 1. The first-order valence-corrected chi connectivity index (χ1v) is 14.2. The number of anilines is 1. The maximum absolute atomic E-state index is 14.1. The zero-order chi connectivity index (χ0) is 29.4. The number of amides is 1. The van der Waals surface area contributed by atoms with Crippen LogP contribution in [0.15, 0.2) is 105 Å². The number of benzene rings is 3. The van der Waals surface area contributed by atoms with Crippen molar-refractivity contribution in [3.63, 3.8) is 0 Å². The second-order valence-electron chi connectivity index (χ2n) is 9.71. The quantitative estimate of drug-likeness (QED) is 0.322. The molecule has 1 aromatic heterocycles. The molecule has 0 saturated heterocycles. The highest BCUT2D eigenvalue weighted by Gasteiger charge is 2.36. The Morgan fingerprint density at radius 2 is 1.67 bits per heavy atom. The van der Waals surface area contributed by atoms with Gasteiger partial charge in [-0.25, -0.2) is 14.2 Å². The number of hydrazone groups is 1. The monoisotopic (exact) mass is 580 g/mol. The van der Waals surface area contributed by atoms with Crippen LogP contribution < -0.4 is 19.9 Å². The Morgan fingerprint density at radius 1 is 1.00 bits per heavy atom. The zero-order valence-corrected chi connectivity index (χ0v) is 23.5. The molecule has 210 valence electrons. The molecule has 4 aromatic rings. The normalized spacial score (nSPS) is 18.5. The van der Waals surface area contributed by atoms with Crippen molar-refractivity contribution in [2.24, 2.45) is 16.0 Å². The Hall–Kier alpha value is -4.96. The van der Waals surface area contributed by atoms with Gasteiger partial charge in [-0.15, -0.1) is 0 Å². The Morgan fingerprint density at radius 3 is 2.33 bits per heavy atom. The molecule has 1 amide bonds. The number of aromatic nitrogens is 1. The molecule has 0 unspecified atom stereocenters. The summed E-state index contributed by atoms with van der Waals surface area (Å²) in [6.07, 6.45) is 1.60. The number of hydrogen-bond acceptors (Lipinski definition) is 7. The summed E-state index contributed by atoms with van der Waals surface area (Å²) < 4.78 is 21.1. The fraction of sp³-hybridized carbons (Fsp3) is 0.156. The van der Waals surface area contributed by atoms with E-state index in [1.54, 1.807) is 44.2 Å². The third-order valence-electron chi connectivity index (χ3n) is 7.06. The second kappa shape index (κ2) is 11.1. The summed E-state index contributed by atoms with van der Waals surface area (Å²) in [5, 5.41) is 5.78. The van der Waals surface area contributed by atoms with Crippen molar-refractivity contribution in [3.05, 3.63) is 127 Å².